The number of hydrogen-bond donors (Lipinski definition) is 1. The van der Waals surface area contributed by atoms with Crippen LogP contribution in [0.4, 0.5) is 5.69 Å². The van der Waals surface area contributed by atoms with Gasteiger partial charge in [-0.2, -0.15) is 0 Å². The van der Waals surface area contributed by atoms with Crippen LogP contribution < -0.4 is 5.32 Å². The molecule has 1 aliphatic carbocycles. The summed E-state index contributed by atoms with van der Waals surface area (Å²) in [6.07, 6.45) is 3.44. The molecule has 98 valence electrons. The normalized spacial score (nSPS) is 17.1. The fraction of sp³-hybridized carbons (Fsp3) is 0.462. The lowest BCUT2D eigenvalue weighted by atomic mass is 9.77. The molecule has 0 aliphatic heterocycles. The van der Waals surface area contributed by atoms with Crippen LogP contribution >= 0.6 is 34.2 Å². The topological polar surface area (TPSA) is 38.3 Å². The van der Waals surface area contributed by atoms with Crippen LogP contribution in [0.1, 0.15) is 25.7 Å². The van der Waals surface area contributed by atoms with Crippen molar-refractivity contribution in [2.24, 2.45) is 0 Å². The zero-order valence-corrected chi connectivity index (χ0v) is 13.0. The van der Waals surface area contributed by atoms with Gasteiger partial charge in [-0.05, 0) is 60.1 Å². The minimum atomic E-state index is -0.250. The fourth-order valence-corrected chi connectivity index (χ4v) is 3.01. The monoisotopic (exact) mass is 379 g/mol. The predicted molar refractivity (Wildman–Crippen MR) is 81.0 cm³/mol. The van der Waals surface area contributed by atoms with E-state index in [0.717, 1.165) is 22.8 Å². The van der Waals surface area contributed by atoms with Crippen molar-refractivity contribution in [3.05, 3.63) is 26.8 Å². The molecule has 5 heteroatoms. The number of benzene rings is 1. The molecule has 0 unspecified atom stereocenters. The van der Waals surface area contributed by atoms with Crippen LogP contribution in [0.15, 0.2) is 18.2 Å². The molecule has 1 aromatic rings. The van der Waals surface area contributed by atoms with Crippen molar-refractivity contribution in [2.45, 2.75) is 31.3 Å². The smallest absolute Gasteiger partial charge is 0.227 e. The van der Waals surface area contributed by atoms with E-state index in [-0.39, 0.29) is 11.5 Å². The van der Waals surface area contributed by atoms with Crippen molar-refractivity contribution in [3.63, 3.8) is 0 Å². The Kier molecular flexibility index (Phi) is 4.50. The van der Waals surface area contributed by atoms with Gasteiger partial charge in [-0.15, -0.1) is 0 Å². The van der Waals surface area contributed by atoms with Gasteiger partial charge >= 0.3 is 0 Å². The van der Waals surface area contributed by atoms with Crippen LogP contribution in [0.5, 0.6) is 0 Å². The highest BCUT2D eigenvalue weighted by Crippen LogP contribution is 2.38. The van der Waals surface area contributed by atoms with E-state index in [1.807, 2.05) is 18.2 Å². The Morgan fingerprint density at radius 3 is 2.78 bits per heavy atom. The number of ether oxygens (including phenoxy) is 1. The van der Waals surface area contributed by atoms with E-state index in [0.29, 0.717) is 17.1 Å². The highest BCUT2D eigenvalue weighted by molar-refractivity contribution is 14.1. The van der Waals surface area contributed by atoms with Gasteiger partial charge in [0.05, 0.1) is 22.7 Å². The molecular weight excluding hydrogens is 365 g/mol. The number of halogens is 2. The van der Waals surface area contributed by atoms with Crippen LogP contribution in [-0.2, 0) is 9.53 Å². The van der Waals surface area contributed by atoms with Gasteiger partial charge in [-0.3, -0.25) is 4.79 Å². The maximum Gasteiger partial charge on any atom is 0.227 e. The van der Waals surface area contributed by atoms with Crippen molar-refractivity contribution >= 4 is 45.8 Å². The third-order valence-electron chi connectivity index (χ3n) is 3.39. The zero-order valence-electron chi connectivity index (χ0n) is 10.1. The van der Waals surface area contributed by atoms with Crippen molar-refractivity contribution < 1.29 is 9.53 Å². The Morgan fingerprint density at radius 1 is 1.56 bits per heavy atom. The van der Waals surface area contributed by atoms with E-state index in [2.05, 4.69) is 27.9 Å². The Morgan fingerprint density at radius 2 is 2.28 bits per heavy atom. The van der Waals surface area contributed by atoms with Gasteiger partial charge in [0.1, 0.15) is 0 Å². The highest BCUT2D eigenvalue weighted by Gasteiger charge is 2.39. The summed E-state index contributed by atoms with van der Waals surface area (Å²) in [6, 6.07) is 5.56. The second-order valence-electron chi connectivity index (χ2n) is 4.59. The molecule has 0 bridgehead atoms. The average Bonchev–Trinajstić information content (AvgIpc) is 2.27. The molecule has 2 rings (SSSR count). The molecule has 0 radical (unpaired) electrons. The van der Waals surface area contributed by atoms with E-state index in [9.17, 15) is 4.79 Å². The third-order valence-corrected chi connectivity index (χ3v) is 4.37. The average molecular weight is 380 g/mol. The molecule has 0 spiro atoms. The Labute approximate surface area is 125 Å². The number of hydrogen-bond acceptors (Lipinski definition) is 2. The highest BCUT2D eigenvalue weighted by atomic mass is 127. The summed E-state index contributed by atoms with van der Waals surface area (Å²) in [5.74, 6) is -0.0420. The molecule has 0 saturated heterocycles. The Hall–Kier alpha value is -0.330. The summed E-state index contributed by atoms with van der Waals surface area (Å²) < 4.78 is 6.48. The van der Waals surface area contributed by atoms with Gasteiger partial charge in [-0.25, -0.2) is 0 Å². The number of anilines is 1. The molecule has 0 atom stereocenters. The third kappa shape index (κ3) is 3.16. The molecule has 1 aliphatic rings. The van der Waals surface area contributed by atoms with Gasteiger partial charge in [0, 0.05) is 10.7 Å². The molecule has 1 aromatic carbocycles. The summed E-state index contributed by atoms with van der Waals surface area (Å²) in [6.45, 7) is 0. The number of carbonyl (C=O) groups is 1. The van der Waals surface area contributed by atoms with Crippen molar-refractivity contribution in [1.29, 1.82) is 0 Å². The minimum absolute atomic E-state index is 0.0420. The quantitative estimate of drug-likeness (QED) is 0.807. The van der Waals surface area contributed by atoms with Crippen LogP contribution in [-0.4, -0.2) is 18.6 Å². The number of amides is 1. The van der Waals surface area contributed by atoms with Crippen LogP contribution in [0.25, 0.3) is 0 Å². The van der Waals surface area contributed by atoms with E-state index in [1.54, 1.807) is 7.11 Å². The Bertz CT molecular complexity index is 455. The summed E-state index contributed by atoms with van der Waals surface area (Å²) in [5.41, 5.74) is 0.410. The lowest BCUT2D eigenvalue weighted by Gasteiger charge is -2.39. The molecule has 3 nitrogen and oxygen atoms in total. The lowest BCUT2D eigenvalue weighted by molar-refractivity contribution is -0.129. The number of rotatable bonds is 4. The van der Waals surface area contributed by atoms with Gasteiger partial charge in [0.25, 0.3) is 0 Å². The molecule has 1 N–H and O–H groups in total. The van der Waals surface area contributed by atoms with E-state index in [1.165, 1.54) is 0 Å². The summed E-state index contributed by atoms with van der Waals surface area (Å²) >= 11 is 8.26. The largest absolute Gasteiger partial charge is 0.378 e. The van der Waals surface area contributed by atoms with Gasteiger partial charge in [0.2, 0.25) is 5.91 Å². The summed E-state index contributed by atoms with van der Waals surface area (Å²) in [4.78, 5) is 12.0. The van der Waals surface area contributed by atoms with Gasteiger partial charge < -0.3 is 10.1 Å². The first kappa shape index (κ1) is 14.1. The number of nitrogens with one attached hydrogen (secondary N) is 1. The molecule has 0 heterocycles. The molecule has 0 aromatic heterocycles. The number of methoxy groups -OCH3 is 1. The van der Waals surface area contributed by atoms with Crippen LogP contribution in [0, 0.1) is 3.57 Å². The van der Waals surface area contributed by atoms with E-state index < -0.39 is 0 Å². The van der Waals surface area contributed by atoms with Crippen molar-refractivity contribution in [3.8, 4) is 0 Å². The molecule has 18 heavy (non-hydrogen) atoms. The first-order valence-electron chi connectivity index (χ1n) is 5.85. The zero-order chi connectivity index (χ0) is 13.2. The maximum absolute atomic E-state index is 12.0. The lowest BCUT2D eigenvalue weighted by Crippen LogP contribution is -2.42. The molecule has 1 fully saturated rings. The molecule has 1 amide bonds. The van der Waals surface area contributed by atoms with Gasteiger partial charge in [0.15, 0.2) is 0 Å². The second-order valence-corrected chi connectivity index (χ2v) is 6.24. The molecular formula is C13H15ClINO2. The van der Waals surface area contributed by atoms with Crippen LogP contribution in [0.3, 0.4) is 0 Å². The molecule has 1 saturated carbocycles. The number of carbonyl (C=O) groups excluding carboxylic acids is 1. The standard InChI is InChI=1S/C13H15ClINO2/c1-18-13(5-2-6-13)8-12(17)16-11-4-3-9(15)7-10(11)14/h3-4,7H,2,5-6,8H2,1H3,(H,16,17). The van der Waals surface area contributed by atoms with Crippen molar-refractivity contribution in [2.75, 3.05) is 12.4 Å². The summed E-state index contributed by atoms with van der Waals surface area (Å²) in [7, 11) is 1.67. The first-order valence-corrected chi connectivity index (χ1v) is 7.30. The first-order chi connectivity index (χ1) is 8.54. The van der Waals surface area contributed by atoms with Crippen molar-refractivity contribution in [1.82, 2.24) is 0 Å². The Balaban J connectivity index is 1.98. The summed E-state index contributed by atoms with van der Waals surface area (Å²) in [5, 5.41) is 3.41. The fourth-order valence-electron chi connectivity index (χ4n) is 2.10. The van der Waals surface area contributed by atoms with E-state index in [4.69, 9.17) is 16.3 Å². The minimum Gasteiger partial charge on any atom is -0.378 e. The van der Waals surface area contributed by atoms with Crippen LogP contribution in [0.2, 0.25) is 5.02 Å². The second kappa shape index (κ2) is 5.75. The predicted octanol–water partition coefficient (Wildman–Crippen LogP) is 3.84. The maximum atomic E-state index is 12.0. The van der Waals surface area contributed by atoms with Gasteiger partial charge in [-0.1, -0.05) is 11.6 Å². The SMILES string of the molecule is COC1(CC(=O)Nc2ccc(I)cc2Cl)CCC1. The van der Waals surface area contributed by atoms with E-state index >= 15 is 0 Å².